The van der Waals surface area contributed by atoms with Crippen molar-refractivity contribution in [1.82, 2.24) is 0 Å². The smallest absolute Gasteiger partial charge is 0.248 e. The van der Waals surface area contributed by atoms with Crippen LogP contribution in [0.1, 0.15) is 0 Å². The highest BCUT2D eigenvalue weighted by Gasteiger charge is 1.95. The molecule has 2 nitrogen and oxygen atoms in total. The Morgan fingerprint density at radius 1 is 1.36 bits per heavy atom. The van der Waals surface area contributed by atoms with Crippen LogP contribution in [0, 0.1) is 0 Å². The molecule has 1 rings (SSSR count). The molecule has 3 heteroatoms. The van der Waals surface area contributed by atoms with Gasteiger partial charge in [-0.25, -0.2) is 0 Å². The van der Waals surface area contributed by atoms with Gasteiger partial charge in [-0.05, 0) is 24.3 Å². The third kappa shape index (κ3) is 3.58. The Kier molecular flexibility index (Phi) is 4.13. The molecule has 0 spiro atoms. The van der Waals surface area contributed by atoms with E-state index in [9.17, 15) is 4.79 Å². The number of anilines is 1. The first kappa shape index (κ1) is 10.7. The summed E-state index contributed by atoms with van der Waals surface area (Å²) in [5.41, 5.74) is 0.770. The standard InChI is InChI=1S/C11H10BrNO/c1-2-3-4-11(14)13-10-7-5-9(12)6-8-10/h2-8H,1H2,(H,13,14). The van der Waals surface area contributed by atoms with Gasteiger partial charge in [0.15, 0.2) is 0 Å². The van der Waals surface area contributed by atoms with E-state index in [0.717, 1.165) is 10.2 Å². The molecule has 0 unspecified atom stereocenters. The number of nitrogens with one attached hydrogen (secondary N) is 1. The van der Waals surface area contributed by atoms with Crippen LogP contribution in [0.4, 0.5) is 5.69 Å². The summed E-state index contributed by atoms with van der Waals surface area (Å²) in [6.45, 7) is 3.48. The van der Waals surface area contributed by atoms with Gasteiger partial charge in [0, 0.05) is 16.2 Å². The van der Waals surface area contributed by atoms with Crippen LogP contribution < -0.4 is 5.32 Å². The number of hydrogen-bond donors (Lipinski definition) is 1. The highest BCUT2D eigenvalue weighted by molar-refractivity contribution is 9.10. The Balaban J connectivity index is 2.60. The molecule has 0 bridgehead atoms. The molecule has 0 aliphatic carbocycles. The highest BCUT2D eigenvalue weighted by atomic mass is 79.9. The molecule has 0 saturated carbocycles. The van der Waals surface area contributed by atoms with Gasteiger partial charge in [-0.2, -0.15) is 0 Å². The van der Waals surface area contributed by atoms with Gasteiger partial charge in [0.05, 0.1) is 0 Å². The second-order valence-electron chi connectivity index (χ2n) is 2.59. The monoisotopic (exact) mass is 251 g/mol. The molecule has 0 aliphatic heterocycles. The third-order valence-corrected chi connectivity index (χ3v) is 2.02. The molecular formula is C11H10BrNO. The topological polar surface area (TPSA) is 29.1 Å². The number of carbonyl (C=O) groups is 1. The maximum atomic E-state index is 11.2. The molecule has 0 atom stereocenters. The number of allylic oxidation sites excluding steroid dienone is 2. The minimum absolute atomic E-state index is 0.160. The normalized spacial score (nSPS) is 10.1. The summed E-state index contributed by atoms with van der Waals surface area (Å²) in [5.74, 6) is -0.160. The lowest BCUT2D eigenvalue weighted by molar-refractivity contribution is -0.111. The summed E-state index contributed by atoms with van der Waals surface area (Å²) in [6.07, 6.45) is 4.57. The average Bonchev–Trinajstić information content (AvgIpc) is 2.18. The second-order valence-corrected chi connectivity index (χ2v) is 3.51. The van der Waals surface area contributed by atoms with E-state index >= 15 is 0 Å². The first-order valence-corrected chi connectivity index (χ1v) is 4.87. The zero-order chi connectivity index (χ0) is 10.4. The van der Waals surface area contributed by atoms with Gasteiger partial charge in [0.25, 0.3) is 0 Å². The second kappa shape index (κ2) is 5.40. The lowest BCUT2D eigenvalue weighted by Gasteiger charge is -2.00. The van der Waals surface area contributed by atoms with Gasteiger partial charge in [-0.1, -0.05) is 34.7 Å². The van der Waals surface area contributed by atoms with Crippen molar-refractivity contribution < 1.29 is 4.79 Å². The van der Waals surface area contributed by atoms with Crippen molar-refractivity contribution in [3.63, 3.8) is 0 Å². The zero-order valence-corrected chi connectivity index (χ0v) is 9.12. The quantitative estimate of drug-likeness (QED) is 0.649. The largest absolute Gasteiger partial charge is 0.323 e. The minimum atomic E-state index is -0.160. The number of benzene rings is 1. The summed E-state index contributed by atoms with van der Waals surface area (Å²) in [4.78, 5) is 11.2. The van der Waals surface area contributed by atoms with E-state index in [1.54, 1.807) is 12.2 Å². The number of amides is 1. The number of carbonyl (C=O) groups excluding carboxylic acids is 1. The predicted octanol–water partition coefficient (Wildman–Crippen LogP) is 3.13. The lowest BCUT2D eigenvalue weighted by atomic mass is 10.3. The van der Waals surface area contributed by atoms with Crippen molar-refractivity contribution in [3.8, 4) is 0 Å². The Morgan fingerprint density at radius 2 is 2.00 bits per heavy atom. The average molecular weight is 252 g/mol. The van der Waals surface area contributed by atoms with Crippen LogP contribution in [0.5, 0.6) is 0 Å². The van der Waals surface area contributed by atoms with Crippen molar-refractivity contribution in [2.75, 3.05) is 5.32 Å². The van der Waals surface area contributed by atoms with E-state index in [1.165, 1.54) is 6.08 Å². The summed E-state index contributed by atoms with van der Waals surface area (Å²) in [5, 5.41) is 2.71. The molecule has 0 aliphatic rings. The van der Waals surface area contributed by atoms with Crippen LogP contribution in [0.15, 0.2) is 53.5 Å². The Bertz CT molecular complexity index is 354. The fourth-order valence-corrected chi connectivity index (χ4v) is 1.14. The SMILES string of the molecule is C=CC=CC(=O)Nc1ccc(Br)cc1. The van der Waals surface area contributed by atoms with Crippen molar-refractivity contribution in [1.29, 1.82) is 0 Å². The molecule has 1 aromatic carbocycles. The zero-order valence-electron chi connectivity index (χ0n) is 7.53. The van der Waals surface area contributed by atoms with Gasteiger partial charge in [-0.3, -0.25) is 4.79 Å². The number of rotatable bonds is 3. The van der Waals surface area contributed by atoms with E-state index < -0.39 is 0 Å². The molecule has 1 amide bonds. The van der Waals surface area contributed by atoms with Crippen LogP contribution in [0.25, 0.3) is 0 Å². The van der Waals surface area contributed by atoms with Crippen LogP contribution in [-0.2, 0) is 4.79 Å². The summed E-state index contributed by atoms with van der Waals surface area (Å²) in [7, 11) is 0. The Labute approximate surface area is 91.5 Å². The Morgan fingerprint density at radius 3 is 2.57 bits per heavy atom. The van der Waals surface area contributed by atoms with Crippen molar-refractivity contribution in [3.05, 3.63) is 53.5 Å². The van der Waals surface area contributed by atoms with E-state index in [0.29, 0.717) is 0 Å². The summed E-state index contributed by atoms with van der Waals surface area (Å²) < 4.78 is 0.983. The summed E-state index contributed by atoms with van der Waals surface area (Å²) >= 11 is 3.31. The first-order chi connectivity index (χ1) is 6.72. The van der Waals surface area contributed by atoms with Gasteiger partial charge < -0.3 is 5.32 Å². The molecule has 0 radical (unpaired) electrons. The molecule has 0 aromatic heterocycles. The lowest BCUT2D eigenvalue weighted by Crippen LogP contribution is -2.07. The van der Waals surface area contributed by atoms with Gasteiger partial charge in [-0.15, -0.1) is 0 Å². The number of halogens is 1. The molecular weight excluding hydrogens is 242 g/mol. The van der Waals surface area contributed by atoms with Gasteiger partial charge >= 0.3 is 0 Å². The maximum absolute atomic E-state index is 11.2. The van der Waals surface area contributed by atoms with Gasteiger partial charge in [0.1, 0.15) is 0 Å². The molecule has 0 saturated heterocycles. The van der Waals surface area contributed by atoms with Crippen molar-refractivity contribution >= 4 is 27.5 Å². The van der Waals surface area contributed by atoms with Crippen molar-refractivity contribution in [2.45, 2.75) is 0 Å². The van der Waals surface area contributed by atoms with E-state index in [2.05, 4.69) is 27.8 Å². The van der Waals surface area contributed by atoms with E-state index in [-0.39, 0.29) is 5.91 Å². The molecule has 0 heterocycles. The first-order valence-electron chi connectivity index (χ1n) is 4.08. The fraction of sp³-hybridized carbons (Fsp3) is 0. The van der Waals surface area contributed by atoms with E-state index in [4.69, 9.17) is 0 Å². The van der Waals surface area contributed by atoms with Gasteiger partial charge in [0.2, 0.25) is 5.91 Å². The predicted molar refractivity (Wildman–Crippen MR) is 62.1 cm³/mol. The molecule has 1 N–H and O–H groups in total. The van der Waals surface area contributed by atoms with E-state index in [1.807, 2.05) is 24.3 Å². The molecule has 0 fully saturated rings. The molecule has 1 aromatic rings. The van der Waals surface area contributed by atoms with Crippen molar-refractivity contribution in [2.24, 2.45) is 0 Å². The molecule has 72 valence electrons. The fourth-order valence-electron chi connectivity index (χ4n) is 0.873. The maximum Gasteiger partial charge on any atom is 0.248 e. The third-order valence-electron chi connectivity index (χ3n) is 1.50. The number of hydrogen-bond acceptors (Lipinski definition) is 1. The van der Waals surface area contributed by atoms with Crippen LogP contribution in [0.3, 0.4) is 0 Å². The van der Waals surface area contributed by atoms with Crippen LogP contribution in [-0.4, -0.2) is 5.91 Å². The summed E-state index contributed by atoms with van der Waals surface area (Å²) in [6, 6.07) is 7.38. The minimum Gasteiger partial charge on any atom is -0.323 e. The highest BCUT2D eigenvalue weighted by Crippen LogP contribution is 2.13. The van der Waals surface area contributed by atoms with Crippen LogP contribution >= 0.6 is 15.9 Å². The molecule has 14 heavy (non-hydrogen) atoms. The Hall–Kier alpha value is -1.35. The van der Waals surface area contributed by atoms with Crippen LogP contribution in [0.2, 0.25) is 0 Å².